The molecule has 166 valence electrons. The van der Waals surface area contributed by atoms with Crippen LogP contribution in [0, 0.1) is 23.7 Å². The number of halogens is 1. The molecular weight excluding hydrogens is 418 g/mol. The number of carbonyl (C=O) groups excluding carboxylic acids is 1. The van der Waals surface area contributed by atoms with E-state index in [-0.39, 0.29) is 22.8 Å². The highest BCUT2D eigenvalue weighted by molar-refractivity contribution is 6.31. The molecule has 0 saturated heterocycles. The van der Waals surface area contributed by atoms with E-state index in [2.05, 4.69) is 26.1 Å². The fourth-order valence-electron chi connectivity index (χ4n) is 6.14. The molecule has 1 amide bonds. The molecule has 0 unspecified atom stereocenters. The Morgan fingerprint density at radius 3 is 2.53 bits per heavy atom. The van der Waals surface area contributed by atoms with Crippen LogP contribution in [0.4, 0.5) is 0 Å². The summed E-state index contributed by atoms with van der Waals surface area (Å²) >= 11 is 6.26. The van der Waals surface area contributed by atoms with E-state index in [1.54, 1.807) is 0 Å². The highest BCUT2D eigenvalue weighted by Gasteiger charge is 2.59. The Labute approximate surface area is 195 Å². The minimum Gasteiger partial charge on any atom is -0.347 e. The van der Waals surface area contributed by atoms with Gasteiger partial charge in [-0.05, 0) is 78.8 Å². The summed E-state index contributed by atoms with van der Waals surface area (Å²) in [6.07, 6.45) is 3.64. The van der Waals surface area contributed by atoms with Crippen molar-refractivity contribution in [2.24, 2.45) is 16.7 Å². The molecule has 2 bridgehead atoms. The lowest BCUT2D eigenvalue weighted by Gasteiger charge is -2.42. The normalized spacial score (nSPS) is 25.8. The Balaban J connectivity index is 1.53. The molecule has 4 nitrogen and oxygen atoms in total. The zero-order valence-electron chi connectivity index (χ0n) is 19.2. The van der Waals surface area contributed by atoms with Crippen molar-refractivity contribution >= 4 is 17.5 Å². The summed E-state index contributed by atoms with van der Waals surface area (Å²) in [5, 5.41) is 8.87. The maximum Gasteiger partial charge on any atom is 0.272 e. The SMILES string of the molecule is Cc1cc(-c2cc(C(=O)N[C@@H]3C(C)(C)[C@@H]4CC[C@@]3(C)C4)nn2-c2ccccc2)ccc1Cl. The van der Waals surface area contributed by atoms with Gasteiger partial charge in [-0.15, -0.1) is 0 Å². The molecule has 0 radical (unpaired) electrons. The maximum atomic E-state index is 13.4. The van der Waals surface area contributed by atoms with Crippen molar-refractivity contribution in [3.8, 4) is 16.9 Å². The number of hydrogen-bond donors (Lipinski definition) is 1. The summed E-state index contributed by atoms with van der Waals surface area (Å²) in [6, 6.07) is 17.9. The van der Waals surface area contributed by atoms with Crippen LogP contribution in [0.5, 0.6) is 0 Å². The highest BCUT2D eigenvalue weighted by Crippen LogP contribution is 2.62. The third-order valence-electron chi connectivity index (χ3n) is 7.94. The topological polar surface area (TPSA) is 46.9 Å². The molecule has 2 aromatic carbocycles. The van der Waals surface area contributed by atoms with Gasteiger partial charge in [0, 0.05) is 16.6 Å². The number of hydrogen-bond acceptors (Lipinski definition) is 2. The predicted octanol–water partition coefficient (Wildman–Crippen LogP) is 6.45. The van der Waals surface area contributed by atoms with Crippen LogP contribution in [-0.2, 0) is 0 Å². The second kappa shape index (κ2) is 7.48. The predicted molar refractivity (Wildman–Crippen MR) is 129 cm³/mol. The van der Waals surface area contributed by atoms with Gasteiger partial charge in [0.25, 0.3) is 5.91 Å². The van der Waals surface area contributed by atoms with Crippen LogP contribution >= 0.6 is 11.6 Å². The Morgan fingerprint density at radius 1 is 1.12 bits per heavy atom. The van der Waals surface area contributed by atoms with Crippen LogP contribution in [0.15, 0.2) is 54.6 Å². The molecule has 2 saturated carbocycles. The standard InChI is InChI=1S/C27H30ClN3O/c1-17-14-18(10-11-21(17)28)23-15-22(30-31(23)20-8-6-5-7-9-20)24(32)29-25-26(2,3)19-12-13-27(25,4)16-19/h5-11,14-15,19,25H,12-13,16H2,1-4H3,(H,29,32)/t19-,25-,27+/m1/s1. The second-order valence-corrected chi connectivity index (χ2v) is 10.9. The largest absolute Gasteiger partial charge is 0.347 e. The average molecular weight is 448 g/mol. The van der Waals surface area contributed by atoms with Crippen molar-refractivity contribution in [1.82, 2.24) is 15.1 Å². The van der Waals surface area contributed by atoms with E-state index in [0.29, 0.717) is 11.6 Å². The van der Waals surface area contributed by atoms with Gasteiger partial charge in [-0.3, -0.25) is 4.79 Å². The number of nitrogens with one attached hydrogen (secondary N) is 1. The molecular formula is C27H30ClN3O. The molecule has 0 spiro atoms. The third-order valence-corrected chi connectivity index (χ3v) is 8.37. The summed E-state index contributed by atoms with van der Waals surface area (Å²) in [5.74, 6) is 0.575. The van der Waals surface area contributed by atoms with E-state index in [9.17, 15) is 4.79 Å². The number of para-hydroxylation sites is 1. The molecule has 1 heterocycles. The fourth-order valence-corrected chi connectivity index (χ4v) is 6.25. The van der Waals surface area contributed by atoms with Gasteiger partial charge in [0.15, 0.2) is 5.69 Å². The minimum atomic E-state index is -0.0986. The Hall–Kier alpha value is -2.59. The first-order chi connectivity index (χ1) is 15.2. The van der Waals surface area contributed by atoms with Crippen molar-refractivity contribution in [3.05, 3.63) is 70.9 Å². The summed E-state index contributed by atoms with van der Waals surface area (Å²) in [6.45, 7) is 8.92. The third kappa shape index (κ3) is 3.36. The minimum absolute atomic E-state index is 0.0980. The smallest absolute Gasteiger partial charge is 0.272 e. The summed E-state index contributed by atoms with van der Waals surface area (Å²) < 4.78 is 1.85. The number of aromatic nitrogens is 2. The average Bonchev–Trinajstić information content (AvgIpc) is 3.43. The highest BCUT2D eigenvalue weighted by atomic mass is 35.5. The lowest BCUT2D eigenvalue weighted by molar-refractivity contribution is 0.0733. The van der Waals surface area contributed by atoms with Crippen molar-refractivity contribution in [2.75, 3.05) is 0 Å². The van der Waals surface area contributed by atoms with Gasteiger partial charge in [0.05, 0.1) is 11.4 Å². The number of rotatable bonds is 4. The lowest BCUT2D eigenvalue weighted by atomic mass is 9.68. The molecule has 3 atom stereocenters. The molecule has 0 aliphatic heterocycles. The van der Waals surface area contributed by atoms with Crippen LogP contribution in [0.1, 0.15) is 56.1 Å². The van der Waals surface area contributed by atoms with Crippen LogP contribution in [0.3, 0.4) is 0 Å². The van der Waals surface area contributed by atoms with E-state index in [0.717, 1.165) is 27.5 Å². The number of aryl methyl sites for hydroxylation is 1. The van der Waals surface area contributed by atoms with Crippen molar-refractivity contribution in [3.63, 3.8) is 0 Å². The summed E-state index contributed by atoms with van der Waals surface area (Å²) in [7, 11) is 0. The van der Waals surface area contributed by atoms with Gasteiger partial charge in [0.2, 0.25) is 0 Å². The molecule has 3 aromatic rings. The van der Waals surface area contributed by atoms with E-state index in [1.807, 2.05) is 66.2 Å². The van der Waals surface area contributed by atoms with Crippen molar-refractivity contribution in [2.45, 2.75) is 53.0 Å². The molecule has 1 N–H and O–H groups in total. The van der Waals surface area contributed by atoms with Gasteiger partial charge in [-0.25, -0.2) is 4.68 Å². The monoisotopic (exact) mass is 447 g/mol. The Kier molecular flexibility index (Phi) is 4.97. The van der Waals surface area contributed by atoms with Crippen LogP contribution in [0.2, 0.25) is 5.02 Å². The van der Waals surface area contributed by atoms with Gasteiger partial charge in [-0.2, -0.15) is 5.10 Å². The molecule has 5 heteroatoms. The molecule has 2 aliphatic rings. The summed E-state index contributed by atoms with van der Waals surface area (Å²) in [5.41, 5.74) is 4.48. The van der Waals surface area contributed by atoms with Crippen LogP contribution in [0.25, 0.3) is 16.9 Å². The quantitative estimate of drug-likeness (QED) is 0.499. The van der Waals surface area contributed by atoms with E-state index < -0.39 is 0 Å². The van der Waals surface area contributed by atoms with E-state index >= 15 is 0 Å². The second-order valence-electron chi connectivity index (χ2n) is 10.4. The fraction of sp³-hybridized carbons (Fsp3) is 0.407. The van der Waals surface area contributed by atoms with Crippen LogP contribution < -0.4 is 5.32 Å². The number of benzene rings is 2. The summed E-state index contributed by atoms with van der Waals surface area (Å²) in [4.78, 5) is 13.4. The molecule has 1 aromatic heterocycles. The number of carbonyl (C=O) groups is 1. The van der Waals surface area contributed by atoms with Crippen molar-refractivity contribution in [1.29, 1.82) is 0 Å². The zero-order chi connectivity index (χ0) is 22.7. The number of nitrogens with zero attached hydrogens (tertiary/aromatic N) is 2. The Bertz CT molecular complexity index is 1180. The van der Waals surface area contributed by atoms with E-state index in [1.165, 1.54) is 19.3 Å². The number of fused-ring (bicyclic) bond motifs is 2. The Morgan fingerprint density at radius 2 is 1.88 bits per heavy atom. The van der Waals surface area contributed by atoms with Crippen LogP contribution in [-0.4, -0.2) is 21.7 Å². The van der Waals surface area contributed by atoms with Gasteiger partial charge in [0.1, 0.15) is 0 Å². The first-order valence-corrected chi connectivity index (χ1v) is 11.8. The molecule has 5 rings (SSSR count). The van der Waals surface area contributed by atoms with Crippen molar-refractivity contribution < 1.29 is 4.79 Å². The maximum absolute atomic E-state index is 13.4. The lowest BCUT2D eigenvalue weighted by Crippen LogP contribution is -2.52. The number of amides is 1. The molecule has 2 aliphatic carbocycles. The van der Waals surface area contributed by atoms with Gasteiger partial charge < -0.3 is 5.32 Å². The van der Waals surface area contributed by atoms with Gasteiger partial charge in [-0.1, -0.05) is 56.6 Å². The molecule has 32 heavy (non-hydrogen) atoms. The van der Waals surface area contributed by atoms with E-state index in [4.69, 9.17) is 16.7 Å². The van der Waals surface area contributed by atoms with Gasteiger partial charge >= 0.3 is 0 Å². The molecule has 2 fully saturated rings. The first-order valence-electron chi connectivity index (χ1n) is 11.4. The first kappa shape index (κ1) is 21.3. The zero-order valence-corrected chi connectivity index (χ0v) is 19.9.